The molecule has 4 nitrogen and oxygen atoms in total. The second-order valence-electron chi connectivity index (χ2n) is 6.85. The van der Waals surface area contributed by atoms with E-state index in [0.29, 0.717) is 0 Å². The fraction of sp³-hybridized carbons (Fsp3) is 0.227. The lowest BCUT2D eigenvalue weighted by molar-refractivity contribution is 0.568. The number of fused-ring (bicyclic) bond motifs is 1. The number of rotatable bonds is 4. The van der Waals surface area contributed by atoms with Crippen molar-refractivity contribution >= 4 is 11.3 Å². The van der Waals surface area contributed by atoms with Gasteiger partial charge in [-0.1, -0.05) is 18.2 Å². The zero-order valence-electron chi connectivity index (χ0n) is 15.6. The molecule has 1 aromatic carbocycles. The summed E-state index contributed by atoms with van der Waals surface area (Å²) >= 11 is 0. The van der Waals surface area contributed by atoms with E-state index in [1.165, 1.54) is 16.7 Å². The lowest BCUT2D eigenvalue weighted by Gasteiger charge is -2.14. The molecular formula is C22H23N3O. The molecule has 0 saturated carbocycles. The molecule has 26 heavy (non-hydrogen) atoms. The molecule has 3 heterocycles. The van der Waals surface area contributed by atoms with Gasteiger partial charge in [0.2, 0.25) is 0 Å². The number of pyridine rings is 1. The summed E-state index contributed by atoms with van der Waals surface area (Å²) in [7, 11) is 0. The van der Waals surface area contributed by atoms with Crippen LogP contribution in [0.3, 0.4) is 0 Å². The van der Waals surface area contributed by atoms with Crippen molar-refractivity contribution in [3.63, 3.8) is 0 Å². The van der Waals surface area contributed by atoms with Crippen molar-refractivity contribution in [1.82, 2.24) is 9.38 Å². The van der Waals surface area contributed by atoms with Crippen molar-refractivity contribution in [2.24, 2.45) is 0 Å². The molecule has 0 radical (unpaired) electrons. The maximum absolute atomic E-state index is 5.27. The molecule has 0 saturated heterocycles. The number of nitrogens with zero attached hydrogens (tertiary/aromatic N) is 2. The fourth-order valence-electron chi connectivity index (χ4n) is 3.40. The van der Waals surface area contributed by atoms with Gasteiger partial charge in [-0.3, -0.25) is 0 Å². The van der Waals surface area contributed by atoms with E-state index in [1.54, 1.807) is 12.5 Å². The number of aromatic nitrogens is 2. The summed E-state index contributed by atoms with van der Waals surface area (Å²) in [4.78, 5) is 4.77. The summed E-state index contributed by atoms with van der Waals surface area (Å²) in [6.45, 7) is 9.24. The molecule has 0 amide bonds. The highest BCUT2D eigenvalue weighted by Gasteiger charge is 2.13. The number of aryl methyl sites for hydroxylation is 4. The van der Waals surface area contributed by atoms with E-state index in [1.807, 2.05) is 6.07 Å². The van der Waals surface area contributed by atoms with Gasteiger partial charge in [-0.25, -0.2) is 4.98 Å². The number of benzene rings is 1. The largest absolute Gasteiger partial charge is 0.472 e. The average molecular weight is 345 g/mol. The van der Waals surface area contributed by atoms with Gasteiger partial charge >= 0.3 is 0 Å². The van der Waals surface area contributed by atoms with Gasteiger partial charge in [0.15, 0.2) is 5.65 Å². The molecule has 132 valence electrons. The van der Waals surface area contributed by atoms with Gasteiger partial charge < -0.3 is 14.1 Å². The van der Waals surface area contributed by atoms with E-state index in [2.05, 4.69) is 67.9 Å². The highest BCUT2D eigenvalue weighted by molar-refractivity contribution is 5.76. The molecule has 0 aliphatic rings. The number of hydrogen-bond donors (Lipinski definition) is 1. The van der Waals surface area contributed by atoms with Crippen molar-refractivity contribution in [1.29, 1.82) is 0 Å². The smallest absolute Gasteiger partial charge is 0.160 e. The summed E-state index contributed by atoms with van der Waals surface area (Å²) in [6, 6.07) is 10.6. The van der Waals surface area contributed by atoms with Gasteiger partial charge in [-0.05, 0) is 56.5 Å². The Labute approximate surface area is 153 Å². The molecule has 0 fully saturated rings. The molecule has 0 unspecified atom stereocenters. The van der Waals surface area contributed by atoms with Gasteiger partial charge in [0, 0.05) is 29.6 Å². The van der Waals surface area contributed by atoms with Crippen LogP contribution in [0.15, 0.2) is 53.5 Å². The molecular weight excluding hydrogens is 322 g/mol. The van der Waals surface area contributed by atoms with Crippen molar-refractivity contribution in [3.05, 3.63) is 77.1 Å². The Bertz CT molecular complexity index is 1050. The van der Waals surface area contributed by atoms with E-state index >= 15 is 0 Å². The van der Waals surface area contributed by atoms with Crippen LogP contribution in [0.1, 0.15) is 28.1 Å². The molecule has 4 heteroatoms. The second kappa shape index (κ2) is 6.37. The van der Waals surface area contributed by atoms with E-state index < -0.39 is 0 Å². The topological polar surface area (TPSA) is 42.5 Å². The third-order valence-electron chi connectivity index (χ3n) is 5.15. The summed E-state index contributed by atoms with van der Waals surface area (Å²) in [5, 5.41) is 3.61. The van der Waals surface area contributed by atoms with Crippen LogP contribution in [0.5, 0.6) is 0 Å². The highest BCUT2D eigenvalue weighted by atomic mass is 16.3. The first-order valence-corrected chi connectivity index (χ1v) is 8.85. The van der Waals surface area contributed by atoms with E-state index in [9.17, 15) is 0 Å². The van der Waals surface area contributed by atoms with Crippen LogP contribution in [0.4, 0.5) is 5.69 Å². The molecule has 1 N–H and O–H groups in total. The minimum absolute atomic E-state index is 0.772. The summed E-state index contributed by atoms with van der Waals surface area (Å²) in [5.41, 5.74) is 10.3. The lowest BCUT2D eigenvalue weighted by atomic mass is 10.0. The van der Waals surface area contributed by atoms with Crippen LogP contribution in [0.25, 0.3) is 16.8 Å². The first-order valence-electron chi connectivity index (χ1n) is 8.85. The van der Waals surface area contributed by atoms with Gasteiger partial charge in [-0.15, -0.1) is 0 Å². The van der Waals surface area contributed by atoms with E-state index in [4.69, 9.17) is 9.40 Å². The van der Waals surface area contributed by atoms with Crippen LogP contribution >= 0.6 is 0 Å². The highest BCUT2D eigenvalue weighted by Crippen LogP contribution is 2.29. The zero-order valence-corrected chi connectivity index (χ0v) is 15.6. The molecule has 3 aromatic heterocycles. The molecule has 4 rings (SSSR count). The number of furan rings is 1. The van der Waals surface area contributed by atoms with E-state index in [-0.39, 0.29) is 0 Å². The maximum atomic E-state index is 5.27. The Hall–Kier alpha value is -3.01. The maximum Gasteiger partial charge on any atom is 0.160 e. The Kier molecular flexibility index (Phi) is 4.03. The molecule has 0 aliphatic heterocycles. The first kappa shape index (κ1) is 16.5. The average Bonchev–Trinajstić information content (AvgIpc) is 3.24. The molecule has 0 aliphatic carbocycles. The van der Waals surface area contributed by atoms with Crippen LogP contribution in [-0.4, -0.2) is 9.38 Å². The van der Waals surface area contributed by atoms with E-state index in [0.717, 1.165) is 40.4 Å². The Morgan fingerprint density at radius 1 is 1.04 bits per heavy atom. The van der Waals surface area contributed by atoms with Crippen molar-refractivity contribution in [2.45, 2.75) is 34.2 Å². The third kappa shape index (κ3) is 2.77. The monoisotopic (exact) mass is 345 g/mol. The fourth-order valence-corrected chi connectivity index (χ4v) is 3.40. The first-order chi connectivity index (χ1) is 12.5. The van der Waals surface area contributed by atoms with Crippen LogP contribution in [0, 0.1) is 27.7 Å². The lowest BCUT2D eigenvalue weighted by Crippen LogP contribution is -2.05. The Morgan fingerprint density at radius 3 is 2.50 bits per heavy atom. The Morgan fingerprint density at radius 2 is 1.81 bits per heavy atom. The SMILES string of the molecule is Cc1cccc(C)c1CNc1cc(-c2ccoc2)cn2c(C)c(C)nc12. The molecule has 0 atom stereocenters. The molecule has 0 spiro atoms. The number of nitrogens with one attached hydrogen (secondary N) is 1. The predicted octanol–water partition coefficient (Wildman–Crippen LogP) is 5.44. The molecule has 0 bridgehead atoms. The van der Waals surface area contributed by atoms with Crippen molar-refractivity contribution < 1.29 is 4.42 Å². The van der Waals surface area contributed by atoms with Crippen molar-refractivity contribution in [3.8, 4) is 11.1 Å². The standard InChI is InChI=1S/C22H23N3O/c1-14-6-5-7-15(2)20(14)11-23-21-10-19(18-8-9-26-13-18)12-25-17(4)16(3)24-22(21)25/h5-10,12-13,23H,11H2,1-4H3. The minimum Gasteiger partial charge on any atom is -0.472 e. The zero-order chi connectivity index (χ0) is 18.3. The number of anilines is 1. The van der Waals surface area contributed by atoms with Crippen molar-refractivity contribution in [2.75, 3.05) is 5.32 Å². The van der Waals surface area contributed by atoms with Gasteiger partial charge in [0.1, 0.15) is 0 Å². The quantitative estimate of drug-likeness (QED) is 0.535. The number of imidazole rings is 1. The summed E-state index contributed by atoms with van der Waals surface area (Å²) in [6.07, 6.45) is 5.60. The van der Waals surface area contributed by atoms with Gasteiger partial charge in [-0.2, -0.15) is 0 Å². The summed E-state index contributed by atoms with van der Waals surface area (Å²) < 4.78 is 7.43. The minimum atomic E-state index is 0.772. The number of hydrogen-bond acceptors (Lipinski definition) is 3. The Balaban J connectivity index is 1.79. The third-order valence-corrected chi connectivity index (χ3v) is 5.15. The predicted molar refractivity (Wildman–Crippen MR) is 106 cm³/mol. The van der Waals surface area contributed by atoms with Crippen LogP contribution < -0.4 is 5.32 Å². The van der Waals surface area contributed by atoms with Crippen LogP contribution in [-0.2, 0) is 6.54 Å². The van der Waals surface area contributed by atoms with Gasteiger partial charge in [0.05, 0.1) is 23.9 Å². The molecule has 4 aromatic rings. The second-order valence-corrected chi connectivity index (χ2v) is 6.85. The summed E-state index contributed by atoms with van der Waals surface area (Å²) in [5.74, 6) is 0. The normalized spacial score (nSPS) is 11.2. The van der Waals surface area contributed by atoms with Gasteiger partial charge in [0.25, 0.3) is 0 Å². The van der Waals surface area contributed by atoms with Crippen LogP contribution in [0.2, 0.25) is 0 Å².